The number of rotatable bonds is 4. The van der Waals surface area contributed by atoms with Crippen molar-refractivity contribution in [3.05, 3.63) is 24.0 Å². The largest absolute Gasteiger partial charge is 0.479 e. The summed E-state index contributed by atoms with van der Waals surface area (Å²) in [5.74, 6) is -3.36. The molecule has 1 heterocycles. The van der Waals surface area contributed by atoms with Crippen molar-refractivity contribution in [2.45, 2.75) is 18.6 Å². The Morgan fingerprint density at radius 2 is 2.05 bits per heavy atom. The molecule has 6 nitrogen and oxygen atoms in total. The number of nitrogens with zero attached hydrogens (tertiary/aromatic N) is 2. The van der Waals surface area contributed by atoms with Gasteiger partial charge in [0.05, 0.1) is 6.20 Å². The van der Waals surface area contributed by atoms with Crippen LogP contribution in [0.25, 0.3) is 6.08 Å². The Morgan fingerprint density at radius 1 is 1.45 bits per heavy atom. The van der Waals surface area contributed by atoms with E-state index in [1.807, 2.05) is 0 Å². The summed E-state index contributed by atoms with van der Waals surface area (Å²) in [7, 11) is 1.63. The molecule has 0 fully saturated rings. The van der Waals surface area contributed by atoms with E-state index in [1.54, 1.807) is 7.05 Å². The maximum absolute atomic E-state index is 12.6. The van der Waals surface area contributed by atoms with Crippen molar-refractivity contribution in [1.82, 2.24) is 15.1 Å². The molecule has 0 saturated carbocycles. The van der Waals surface area contributed by atoms with E-state index in [0.29, 0.717) is 12.5 Å². The number of amides is 1. The fourth-order valence-electron chi connectivity index (χ4n) is 1.23. The van der Waals surface area contributed by atoms with Gasteiger partial charge in [-0.3, -0.25) is 9.48 Å². The molecule has 0 bridgehead atoms. The first-order chi connectivity index (χ1) is 9.06. The highest BCUT2D eigenvalue weighted by Gasteiger charge is 2.58. The number of nitrogens with one attached hydrogen (secondary N) is 1. The van der Waals surface area contributed by atoms with Gasteiger partial charge in [-0.25, -0.2) is 4.79 Å². The molecule has 2 N–H and O–H groups in total. The quantitative estimate of drug-likeness (QED) is 0.809. The van der Waals surface area contributed by atoms with E-state index >= 15 is 0 Å². The van der Waals surface area contributed by atoms with E-state index in [-0.39, 0.29) is 0 Å². The Hall–Kier alpha value is -2.32. The van der Waals surface area contributed by atoms with Gasteiger partial charge >= 0.3 is 12.1 Å². The molecule has 9 heteroatoms. The summed E-state index contributed by atoms with van der Waals surface area (Å²) in [5, 5.41) is 13.9. The maximum Gasteiger partial charge on any atom is 0.422 e. The van der Waals surface area contributed by atoms with E-state index in [4.69, 9.17) is 5.11 Å². The highest BCUT2D eigenvalue weighted by Crippen LogP contribution is 2.30. The number of carbonyl (C=O) groups excluding carboxylic acids is 1. The highest BCUT2D eigenvalue weighted by atomic mass is 19.4. The lowest BCUT2D eigenvalue weighted by molar-refractivity contribution is -0.206. The zero-order valence-corrected chi connectivity index (χ0v) is 10.6. The molecule has 1 unspecified atom stereocenters. The minimum atomic E-state index is -5.11. The van der Waals surface area contributed by atoms with Crippen molar-refractivity contribution < 1.29 is 27.9 Å². The first-order valence-electron chi connectivity index (χ1n) is 5.35. The van der Waals surface area contributed by atoms with E-state index in [1.165, 1.54) is 28.5 Å². The number of carbonyl (C=O) groups is 2. The fraction of sp³-hybridized carbons (Fsp3) is 0.364. The Bertz CT molecular complexity index is 551. The monoisotopic (exact) mass is 291 g/mol. The summed E-state index contributed by atoms with van der Waals surface area (Å²) < 4.78 is 39.4. The van der Waals surface area contributed by atoms with Crippen LogP contribution in [0, 0.1) is 0 Å². The van der Waals surface area contributed by atoms with Crippen LogP contribution in [0.15, 0.2) is 18.5 Å². The Morgan fingerprint density at radius 3 is 2.45 bits per heavy atom. The van der Waals surface area contributed by atoms with Crippen LogP contribution in [0.4, 0.5) is 13.2 Å². The predicted octanol–water partition coefficient (Wildman–Crippen LogP) is 0.955. The molecule has 0 aliphatic heterocycles. The average molecular weight is 291 g/mol. The molecule has 0 aromatic carbocycles. The molecule has 0 aliphatic rings. The van der Waals surface area contributed by atoms with Gasteiger partial charge in [0.25, 0.3) is 0 Å². The smallest absolute Gasteiger partial charge is 0.422 e. The Kier molecular flexibility index (Phi) is 4.21. The number of alkyl halides is 3. The lowest BCUT2D eigenvalue weighted by Gasteiger charge is -2.27. The van der Waals surface area contributed by atoms with Crippen LogP contribution in [0.3, 0.4) is 0 Å². The van der Waals surface area contributed by atoms with Crippen molar-refractivity contribution >= 4 is 18.0 Å². The Labute approximate surface area is 111 Å². The van der Waals surface area contributed by atoms with Gasteiger partial charge in [0.1, 0.15) is 0 Å². The van der Waals surface area contributed by atoms with Crippen LogP contribution < -0.4 is 5.32 Å². The molecule has 20 heavy (non-hydrogen) atoms. The average Bonchev–Trinajstić information content (AvgIpc) is 2.70. The molecule has 0 aliphatic carbocycles. The number of carboxylic acids is 1. The minimum absolute atomic E-state index is 0.380. The summed E-state index contributed by atoms with van der Waals surface area (Å²) in [6.45, 7) is 0.380. The maximum atomic E-state index is 12.6. The lowest BCUT2D eigenvalue weighted by Crippen LogP contribution is -2.61. The third-order valence-electron chi connectivity index (χ3n) is 2.52. The van der Waals surface area contributed by atoms with Gasteiger partial charge in [0, 0.05) is 24.9 Å². The molecule has 110 valence electrons. The summed E-state index contributed by atoms with van der Waals surface area (Å²) in [5.41, 5.74) is -2.85. The number of aryl methyl sites for hydroxylation is 1. The normalized spacial score (nSPS) is 15.1. The van der Waals surface area contributed by atoms with Crippen LogP contribution in [0.1, 0.15) is 12.5 Å². The second-order valence-corrected chi connectivity index (χ2v) is 4.20. The molecular weight excluding hydrogens is 279 g/mol. The second-order valence-electron chi connectivity index (χ2n) is 4.20. The number of halogens is 3. The van der Waals surface area contributed by atoms with Gasteiger partial charge in [-0.15, -0.1) is 0 Å². The topological polar surface area (TPSA) is 84.2 Å². The zero-order valence-electron chi connectivity index (χ0n) is 10.6. The molecule has 0 spiro atoms. The van der Waals surface area contributed by atoms with Crippen LogP contribution in [0.2, 0.25) is 0 Å². The number of hydrogen-bond donors (Lipinski definition) is 2. The third-order valence-corrected chi connectivity index (χ3v) is 2.52. The van der Waals surface area contributed by atoms with E-state index in [0.717, 1.165) is 6.08 Å². The van der Waals surface area contributed by atoms with Gasteiger partial charge < -0.3 is 10.4 Å². The molecule has 0 radical (unpaired) electrons. The van der Waals surface area contributed by atoms with Gasteiger partial charge in [0.2, 0.25) is 11.4 Å². The van der Waals surface area contributed by atoms with Crippen LogP contribution in [-0.2, 0) is 16.6 Å². The molecule has 1 rings (SSSR count). The van der Waals surface area contributed by atoms with Gasteiger partial charge in [-0.2, -0.15) is 18.3 Å². The van der Waals surface area contributed by atoms with E-state index in [2.05, 4.69) is 5.10 Å². The molecule has 0 saturated heterocycles. The minimum Gasteiger partial charge on any atom is -0.479 e. The first kappa shape index (κ1) is 15.7. The molecule has 1 atom stereocenters. The van der Waals surface area contributed by atoms with Gasteiger partial charge in [-0.1, -0.05) is 0 Å². The third kappa shape index (κ3) is 3.37. The summed E-state index contributed by atoms with van der Waals surface area (Å²) in [6, 6.07) is 0. The number of hydrogen-bond acceptors (Lipinski definition) is 3. The zero-order chi connectivity index (χ0) is 15.6. The molecule has 1 aromatic rings. The van der Waals surface area contributed by atoms with Crippen molar-refractivity contribution in [3.63, 3.8) is 0 Å². The van der Waals surface area contributed by atoms with Crippen LogP contribution >= 0.6 is 0 Å². The Balaban J connectivity index is 2.83. The van der Waals surface area contributed by atoms with Gasteiger partial charge in [-0.05, 0) is 13.0 Å². The van der Waals surface area contributed by atoms with Gasteiger partial charge in [0.15, 0.2) is 0 Å². The second kappa shape index (κ2) is 5.35. The lowest BCUT2D eigenvalue weighted by atomic mass is 10.0. The summed E-state index contributed by atoms with van der Waals surface area (Å²) in [4.78, 5) is 22.1. The van der Waals surface area contributed by atoms with Crippen LogP contribution in [0.5, 0.6) is 0 Å². The summed E-state index contributed by atoms with van der Waals surface area (Å²) >= 11 is 0. The summed E-state index contributed by atoms with van der Waals surface area (Å²) in [6.07, 6.45) is -0.157. The van der Waals surface area contributed by atoms with Crippen molar-refractivity contribution in [2.75, 3.05) is 0 Å². The van der Waals surface area contributed by atoms with Crippen molar-refractivity contribution in [3.8, 4) is 0 Å². The molecular formula is C11H12F3N3O3. The number of aromatic nitrogens is 2. The van der Waals surface area contributed by atoms with Crippen molar-refractivity contribution in [1.29, 1.82) is 0 Å². The predicted molar refractivity (Wildman–Crippen MR) is 62.5 cm³/mol. The fourth-order valence-corrected chi connectivity index (χ4v) is 1.23. The SMILES string of the molecule is Cn1cc(C=CC(=O)NC(C)(C(=O)O)C(F)(F)F)cn1. The van der Waals surface area contributed by atoms with Crippen LogP contribution in [-0.4, -0.2) is 38.5 Å². The number of aliphatic carboxylic acids is 1. The van der Waals surface area contributed by atoms with E-state index < -0.39 is 23.6 Å². The first-order valence-corrected chi connectivity index (χ1v) is 5.35. The highest BCUT2D eigenvalue weighted by molar-refractivity contribution is 5.96. The molecule has 1 amide bonds. The van der Waals surface area contributed by atoms with E-state index in [9.17, 15) is 22.8 Å². The van der Waals surface area contributed by atoms with Crippen molar-refractivity contribution in [2.24, 2.45) is 7.05 Å². The standard InChI is InChI=1S/C11H12F3N3O3/c1-10(9(19)20,11(12,13)14)16-8(18)4-3-7-5-15-17(2)6-7/h3-6H,1-2H3,(H,16,18)(H,19,20). The number of carboxylic acid groups (broad SMARTS) is 1. The molecule has 1 aromatic heterocycles.